The molecular weight excluding hydrogens is 168 g/mol. The van der Waals surface area contributed by atoms with Gasteiger partial charge in [-0.3, -0.25) is 0 Å². The average Bonchev–Trinajstić information content (AvgIpc) is 2.01. The molecule has 14 heavy (non-hydrogen) atoms. The van der Waals surface area contributed by atoms with E-state index in [9.17, 15) is 0 Å². The molecule has 0 unspecified atom stereocenters. The number of hydrogen-bond acceptors (Lipinski definition) is 0. The summed E-state index contributed by atoms with van der Waals surface area (Å²) in [7, 11) is 0. The van der Waals surface area contributed by atoms with Gasteiger partial charge in [0.15, 0.2) is 0 Å². The first-order chi connectivity index (χ1) is 6.49. The third-order valence-electron chi connectivity index (χ3n) is 2.47. The minimum atomic E-state index is 0.640. The van der Waals surface area contributed by atoms with Crippen LogP contribution in [-0.2, 0) is 6.42 Å². The normalized spacial score (nSPS) is 11.4. The highest BCUT2D eigenvalue weighted by molar-refractivity contribution is 5.31. The molecular formula is C14H22. The number of hydrogen-bond donors (Lipinski definition) is 0. The summed E-state index contributed by atoms with van der Waals surface area (Å²) in [5, 5.41) is 0. The molecule has 0 heteroatoms. The lowest BCUT2D eigenvalue weighted by Gasteiger charge is -2.11. The number of benzene rings is 1. The smallest absolute Gasteiger partial charge is 0.0219 e. The third-order valence-corrected chi connectivity index (χ3v) is 2.47. The van der Waals surface area contributed by atoms with Crippen molar-refractivity contribution in [3.8, 4) is 0 Å². The molecule has 0 spiro atoms. The average molecular weight is 190 g/mol. The fourth-order valence-electron chi connectivity index (χ4n) is 1.82. The van der Waals surface area contributed by atoms with Crippen LogP contribution >= 0.6 is 0 Å². The Morgan fingerprint density at radius 2 is 1.64 bits per heavy atom. The molecule has 0 N–H and O–H groups in total. The summed E-state index contributed by atoms with van der Waals surface area (Å²) in [5.74, 6) is 1.39. The zero-order chi connectivity index (χ0) is 10.7. The van der Waals surface area contributed by atoms with E-state index >= 15 is 0 Å². The standard InChI is InChI=1S/C14H22/c1-10(2)6-13-7-12(5)8-14(9-13)11(3)4/h7-11H,6H2,1-5H3. The van der Waals surface area contributed by atoms with Crippen molar-refractivity contribution in [3.05, 3.63) is 34.9 Å². The van der Waals surface area contributed by atoms with Crippen molar-refractivity contribution in [3.63, 3.8) is 0 Å². The largest absolute Gasteiger partial charge is 0.0625 e. The lowest BCUT2D eigenvalue weighted by Crippen LogP contribution is -1.97. The second kappa shape index (κ2) is 4.63. The highest BCUT2D eigenvalue weighted by Gasteiger charge is 2.03. The van der Waals surface area contributed by atoms with Crippen molar-refractivity contribution >= 4 is 0 Å². The van der Waals surface area contributed by atoms with E-state index in [1.54, 1.807) is 0 Å². The van der Waals surface area contributed by atoms with Gasteiger partial charge in [0, 0.05) is 0 Å². The van der Waals surface area contributed by atoms with Gasteiger partial charge in [0.05, 0.1) is 0 Å². The zero-order valence-electron chi connectivity index (χ0n) is 10.1. The van der Waals surface area contributed by atoms with Gasteiger partial charge in [0.25, 0.3) is 0 Å². The van der Waals surface area contributed by atoms with Crippen LogP contribution in [0.4, 0.5) is 0 Å². The molecule has 0 fully saturated rings. The SMILES string of the molecule is Cc1cc(CC(C)C)cc(C(C)C)c1. The third kappa shape index (κ3) is 3.17. The molecule has 0 saturated heterocycles. The van der Waals surface area contributed by atoms with E-state index in [1.165, 1.54) is 23.1 Å². The van der Waals surface area contributed by atoms with Gasteiger partial charge in [-0.05, 0) is 36.3 Å². The lowest BCUT2D eigenvalue weighted by atomic mass is 9.94. The van der Waals surface area contributed by atoms with E-state index in [0.717, 1.165) is 5.92 Å². The van der Waals surface area contributed by atoms with Crippen LogP contribution in [0.15, 0.2) is 18.2 Å². The molecule has 1 rings (SSSR count). The van der Waals surface area contributed by atoms with Crippen molar-refractivity contribution in [2.24, 2.45) is 5.92 Å². The minimum Gasteiger partial charge on any atom is -0.0625 e. The van der Waals surface area contributed by atoms with Gasteiger partial charge >= 0.3 is 0 Å². The summed E-state index contributed by atoms with van der Waals surface area (Å²) >= 11 is 0. The number of rotatable bonds is 3. The van der Waals surface area contributed by atoms with E-state index in [2.05, 4.69) is 52.8 Å². The molecule has 0 aliphatic carbocycles. The van der Waals surface area contributed by atoms with E-state index in [1.807, 2.05) is 0 Å². The predicted octanol–water partition coefficient (Wildman–Crippen LogP) is 4.32. The van der Waals surface area contributed by atoms with Gasteiger partial charge < -0.3 is 0 Å². The number of aryl methyl sites for hydroxylation is 1. The fraction of sp³-hybridized carbons (Fsp3) is 0.571. The lowest BCUT2D eigenvalue weighted by molar-refractivity contribution is 0.645. The quantitative estimate of drug-likeness (QED) is 0.666. The van der Waals surface area contributed by atoms with Gasteiger partial charge in [0.1, 0.15) is 0 Å². The molecule has 0 nitrogen and oxygen atoms in total. The monoisotopic (exact) mass is 190 g/mol. The molecule has 0 atom stereocenters. The van der Waals surface area contributed by atoms with Crippen molar-refractivity contribution < 1.29 is 0 Å². The summed E-state index contributed by atoms with van der Waals surface area (Å²) in [6.45, 7) is 11.3. The van der Waals surface area contributed by atoms with Crippen molar-refractivity contribution in [1.82, 2.24) is 0 Å². The first kappa shape index (κ1) is 11.3. The molecule has 0 aliphatic heterocycles. The van der Waals surface area contributed by atoms with Gasteiger partial charge in [-0.25, -0.2) is 0 Å². The molecule has 0 heterocycles. The zero-order valence-corrected chi connectivity index (χ0v) is 10.1. The van der Waals surface area contributed by atoms with Crippen molar-refractivity contribution in [1.29, 1.82) is 0 Å². The van der Waals surface area contributed by atoms with Crippen molar-refractivity contribution in [2.75, 3.05) is 0 Å². The maximum absolute atomic E-state index is 2.36. The predicted molar refractivity (Wildman–Crippen MR) is 63.8 cm³/mol. The Balaban J connectivity index is 2.95. The fourth-order valence-corrected chi connectivity index (χ4v) is 1.82. The second-order valence-corrected chi connectivity index (χ2v) is 5.00. The minimum absolute atomic E-state index is 0.640. The van der Waals surface area contributed by atoms with E-state index in [4.69, 9.17) is 0 Å². The Morgan fingerprint density at radius 3 is 2.14 bits per heavy atom. The first-order valence-corrected chi connectivity index (χ1v) is 5.59. The molecule has 1 aromatic carbocycles. The van der Waals surface area contributed by atoms with E-state index in [0.29, 0.717) is 5.92 Å². The maximum Gasteiger partial charge on any atom is -0.0219 e. The van der Waals surface area contributed by atoms with E-state index < -0.39 is 0 Å². The molecule has 0 saturated carbocycles. The summed E-state index contributed by atoms with van der Waals surface area (Å²) in [5.41, 5.74) is 4.36. The molecule has 0 amide bonds. The van der Waals surface area contributed by atoms with Gasteiger partial charge in [0.2, 0.25) is 0 Å². The van der Waals surface area contributed by atoms with Crippen molar-refractivity contribution in [2.45, 2.75) is 47.0 Å². The summed E-state index contributed by atoms with van der Waals surface area (Å²) < 4.78 is 0. The molecule has 0 radical (unpaired) electrons. The van der Waals surface area contributed by atoms with Gasteiger partial charge in [-0.2, -0.15) is 0 Å². The Hall–Kier alpha value is -0.780. The Kier molecular flexibility index (Phi) is 3.74. The van der Waals surface area contributed by atoms with Crippen LogP contribution in [-0.4, -0.2) is 0 Å². The topological polar surface area (TPSA) is 0 Å². The van der Waals surface area contributed by atoms with Gasteiger partial charge in [-0.1, -0.05) is 51.5 Å². The molecule has 0 aromatic heterocycles. The summed E-state index contributed by atoms with van der Waals surface area (Å²) in [6, 6.07) is 6.97. The van der Waals surface area contributed by atoms with Crippen LogP contribution < -0.4 is 0 Å². The highest BCUT2D eigenvalue weighted by Crippen LogP contribution is 2.19. The van der Waals surface area contributed by atoms with Crippen LogP contribution in [0.25, 0.3) is 0 Å². The van der Waals surface area contributed by atoms with Crippen LogP contribution in [0.3, 0.4) is 0 Å². The summed E-state index contributed by atoms with van der Waals surface area (Å²) in [6.07, 6.45) is 1.20. The molecule has 0 bridgehead atoms. The molecule has 0 aliphatic rings. The maximum atomic E-state index is 2.36. The molecule has 1 aromatic rings. The molecule has 78 valence electrons. The van der Waals surface area contributed by atoms with Crippen LogP contribution in [0.2, 0.25) is 0 Å². The van der Waals surface area contributed by atoms with E-state index in [-0.39, 0.29) is 0 Å². The Morgan fingerprint density at radius 1 is 1.00 bits per heavy atom. The summed E-state index contributed by atoms with van der Waals surface area (Å²) in [4.78, 5) is 0. The Labute approximate surface area is 88.4 Å². The van der Waals surface area contributed by atoms with Crippen LogP contribution in [0.5, 0.6) is 0 Å². The van der Waals surface area contributed by atoms with Crippen LogP contribution in [0.1, 0.15) is 50.3 Å². The van der Waals surface area contributed by atoms with Gasteiger partial charge in [-0.15, -0.1) is 0 Å². The Bertz CT molecular complexity index is 295. The second-order valence-electron chi connectivity index (χ2n) is 5.00. The highest BCUT2D eigenvalue weighted by atomic mass is 14.1. The van der Waals surface area contributed by atoms with Crippen LogP contribution in [0, 0.1) is 12.8 Å². The first-order valence-electron chi connectivity index (χ1n) is 5.59.